The van der Waals surface area contributed by atoms with Crippen LogP contribution in [0.5, 0.6) is 5.75 Å². The lowest BCUT2D eigenvalue weighted by atomic mass is 9.99. The Hall–Kier alpha value is -4.45. The zero-order chi connectivity index (χ0) is 26.6. The molecule has 192 valence electrons. The number of phenolic OH excluding ortho intramolecular Hbond substituents is 1. The number of halogens is 1. The Morgan fingerprint density at radius 1 is 1.03 bits per heavy atom. The summed E-state index contributed by atoms with van der Waals surface area (Å²) < 4.78 is 13.3. The zero-order valence-electron chi connectivity index (χ0n) is 21.5. The van der Waals surface area contributed by atoms with Crippen LogP contribution in [-0.4, -0.2) is 28.8 Å². The average Bonchev–Trinajstić information content (AvgIpc) is 3.33. The number of aromatic hydroxyl groups is 1. The number of carbonyl (C=O) groups is 1. The van der Waals surface area contributed by atoms with E-state index in [1.54, 1.807) is 18.2 Å². The summed E-state index contributed by atoms with van der Waals surface area (Å²) >= 11 is 0. The van der Waals surface area contributed by atoms with E-state index in [4.69, 9.17) is 4.99 Å². The fourth-order valence-corrected chi connectivity index (χ4v) is 4.92. The molecule has 0 saturated carbocycles. The number of phenols is 1. The predicted octanol–water partition coefficient (Wildman–Crippen LogP) is 6.80. The highest BCUT2D eigenvalue weighted by atomic mass is 19.1. The number of aliphatic imine (C=N–C) groups is 1. The van der Waals surface area contributed by atoms with Gasteiger partial charge in [-0.2, -0.15) is 0 Å². The summed E-state index contributed by atoms with van der Waals surface area (Å²) in [6.45, 7) is 2.40. The van der Waals surface area contributed by atoms with Gasteiger partial charge in [0.25, 0.3) is 5.91 Å². The molecule has 1 aliphatic rings. The molecule has 0 bridgehead atoms. The topological polar surface area (TPSA) is 64.9 Å². The molecular weight excluding hydrogens is 477 g/mol. The van der Waals surface area contributed by atoms with E-state index in [2.05, 4.69) is 17.4 Å². The second-order valence-electron chi connectivity index (χ2n) is 9.66. The molecule has 1 atom stereocenters. The van der Waals surface area contributed by atoms with Gasteiger partial charge in [-0.1, -0.05) is 66.7 Å². The molecule has 0 aromatic heterocycles. The van der Waals surface area contributed by atoms with Crippen molar-refractivity contribution in [1.29, 1.82) is 0 Å². The summed E-state index contributed by atoms with van der Waals surface area (Å²) in [7, 11) is 1.90. The monoisotopic (exact) mass is 507 g/mol. The Morgan fingerprint density at radius 2 is 1.74 bits per heavy atom. The maximum atomic E-state index is 13.3. The molecule has 4 aromatic carbocycles. The van der Waals surface area contributed by atoms with Crippen LogP contribution in [0, 0.1) is 5.82 Å². The van der Waals surface area contributed by atoms with Crippen molar-refractivity contribution in [2.75, 3.05) is 7.05 Å². The normalized spacial score (nSPS) is 14.7. The number of nitrogens with one attached hydrogen (secondary N) is 1. The Morgan fingerprint density at radius 3 is 2.50 bits per heavy atom. The molecule has 0 radical (unpaired) electrons. The minimum absolute atomic E-state index is 0.0107. The van der Waals surface area contributed by atoms with E-state index in [0.29, 0.717) is 29.2 Å². The van der Waals surface area contributed by atoms with Crippen molar-refractivity contribution in [2.45, 2.75) is 32.4 Å². The first kappa shape index (κ1) is 25.2. The van der Waals surface area contributed by atoms with Crippen molar-refractivity contribution in [3.8, 4) is 16.9 Å². The van der Waals surface area contributed by atoms with Gasteiger partial charge in [0.15, 0.2) is 0 Å². The van der Waals surface area contributed by atoms with Gasteiger partial charge in [-0.25, -0.2) is 9.38 Å². The number of benzene rings is 4. The zero-order valence-corrected chi connectivity index (χ0v) is 21.5. The number of nitrogens with zero attached hydrogens (tertiary/aromatic N) is 2. The van der Waals surface area contributed by atoms with Gasteiger partial charge in [-0.15, -0.1) is 0 Å². The molecule has 0 fully saturated rings. The van der Waals surface area contributed by atoms with Crippen LogP contribution in [0.2, 0.25) is 0 Å². The van der Waals surface area contributed by atoms with E-state index in [1.165, 1.54) is 23.8 Å². The van der Waals surface area contributed by atoms with Gasteiger partial charge in [-0.3, -0.25) is 4.79 Å². The predicted molar refractivity (Wildman–Crippen MR) is 149 cm³/mol. The van der Waals surface area contributed by atoms with Crippen LogP contribution in [0.15, 0.2) is 96.0 Å². The minimum Gasteiger partial charge on any atom is -0.507 e. The molecule has 1 unspecified atom stereocenters. The first-order valence-corrected chi connectivity index (χ1v) is 12.7. The van der Waals surface area contributed by atoms with Gasteiger partial charge in [0, 0.05) is 24.7 Å². The third-order valence-corrected chi connectivity index (χ3v) is 7.03. The van der Waals surface area contributed by atoms with Crippen LogP contribution in [0.1, 0.15) is 46.4 Å². The van der Waals surface area contributed by atoms with Crippen molar-refractivity contribution in [3.05, 3.63) is 119 Å². The standard InChI is InChI=1S/C32H30FN3O2/c1-21(36(2)20-22-12-15-26(33)16-13-22)34-29-18-25(19-30(37)31(29)24-9-4-3-5-10-24)32(38)35-28-17-14-23-8-6-7-11-27(23)28/h3-13,15-16,18-19,28,37H,14,17,20H2,1-2H3,(H,35,38). The van der Waals surface area contributed by atoms with Gasteiger partial charge in [0.2, 0.25) is 0 Å². The quantitative estimate of drug-likeness (QED) is 0.223. The highest BCUT2D eigenvalue weighted by Gasteiger charge is 2.25. The van der Waals surface area contributed by atoms with Crippen LogP contribution in [0.3, 0.4) is 0 Å². The van der Waals surface area contributed by atoms with Gasteiger partial charge in [-0.05, 0) is 66.3 Å². The fourth-order valence-electron chi connectivity index (χ4n) is 4.92. The molecule has 0 spiro atoms. The van der Waals surface area contributed by atoms with Gasteiger partial charge >= 0.3 is 0 Å². The Balaban J connectivity index is 1.47. The van der Waals surface area contributed by atoms with E-state index >= 15 is 0 Å². The lowest BCUT2D eigenvalue weighted by Gasteiger charge is -2.20. The summed E-state index contributed by atoms with van der Waals surface area (Å²) in [6.07, 6.45) is 1.77. The van der Waals surface area contributed by atoms with Gasteiger partial charge < -0.3 is 15.3 Å². The van der Waals surface area contributed by atoms with E-state index < -0.39 is 0 Å². The van der Waals surface area contributed by atoms with Crippen LogP contribution in [0.4, 0.5) is 10.1 Å². The van der Waals surface area contributed by atoms with Crippen LogP contribution >= 0.6 is 0 Å². The molecule has 1 aliphatic carbocycles. The average molecular weight is 508 g/mol. The third kappa shape index (κ3) is 5.44. The van der Waals surface area contributed by atoms with Crippen molar-refractivity contribution in [1.82, 2.24) is 10.2 Å². The number of aryl methyl sites for hydroxylation is 1. The summed E-state index contributed by atoms with van der Waals surface area (Å²) in [5, 5.41) is 14.2. The first-order valence-electron chi connectivity index (χ1n) is 12.7. The molecule has 0 aliphatic heterocycles. The number of rotatable bonds is 6. The van der Waals surface area contributed by atoms with Gasteiger partial charge in [0.1, 0.15) is 17.4 Å². The summed E-state index contributed by atoms with van der Waals surface area (Å²) in [5.41, 5.74) is 5.54. The summed E-state index contributed by atoms with van der Waals surface area (Å²) in [5.74, 6) is 0.146. The lowest BCUT2D eigenvalue weighted by molar-refractivity contribution is 0.0936. The van der Waals surface area contributed by atoms with E-state index in [0.717, 1.165) is 29.5 Å². The molecule has 6 heteroatoms. The van der Waals surface area contributed by atoms with E-state index in [1.807, 2.05) is 61.3 Å². The fraction of sp³-hybridized carbons (Fsp3) is 0.188. The molecule has 2 N–H and O–H groups in total. The van der Waals surface area contributed by atoms with Crippen molar-refractivity contribution in [3.63, 3.8) is 0 Å². The van der Waals surface area contributed by atoms with Crippen molar-refractivity contribution in [2.24, 2.45) is 4.99 Å². The minimum atomic E-state index is -0.277. The molecular formula is C32H30FN3O2. The van der Waals surface area contributed by atoms with Crippen LogP contribution in [-0.2, 0) is 13.0 Å². The maximum absolute atomic E-state index is 13.3. The Bertz CT molecular complexity index is 1480. The van der Waals surface area contributed by atoms with E-state index in [-0.39, 0.29) is 23.5 Å². The SMILES string of the molecule is CC(=Nc1cc(C(=O)NC2CCc3ccccc32)cc(O)c1-c1ccccc1)N(C)Cc1ccc(F)cc1. The maximum Gasteiger partial charge on any atom is 0.251 e. The Labute approximate surface area is 222 Å². The Kier molecular flexibility index (Phi) is 7.22. The number of fused-ring (bicyclic) bond motifs is 1. The van der Waals surface area contributed by atoms with Crippen LogP contribution < -0.4 is 5.32 Å². The molecule has 5 rings (SSSR count). The molecule has 4 aromatic rings. The number of amidine groups is 1. The molecule has 5 nitrogen and oxygen atoms in total. The van der Waals surface area contributed by atoms with E-state index in [9.17, 15) is 14.3 Å². The van der Waals surface area contributed by atoms with Crippen molar-refractivity contribution < 1.29 is 14.3 Å². The highest BCUT2D eigenvalue weighted by Crippen LogP contribution is 2.40. The largest absolute Gasteiger partial charge is 0.507 e. The summed E-state index contributed by atoms with van der Waals surface area (Å²) in [4.78, 5) is 20.1. The molecule has 0 heterocycles. The molecule has 1 amide bonds. The summed E-state index contributed by atoms with van der Waals surface area (Å²) in [6, 6.07) is 27.2. The lowest BCUT2D eigenvalue weighted by Crippen LogP contribution is -2.27. The van der Waals surface area contributed by atoms with Crippen LogP contribution in [0.25, 0.3) is 11.1 Å². The highest BCUT2D eigenvalue weighted by molar-refractivity contribution is 5.99. The second kappa shape index (κ2) is 10.9. The number of hydrogen-bond acceptors (Lipinski definition) is 3. The smallest absolute Gasteiger partial charge is 0.251 e. The number of amides is 1. The van der Waals surface area contributed by atoms with Crippen molar-refractivity contribution >= 4 is 17.4 Å². The number of hydrogen-bond donors (Lipinski definition) is 2. The molecule has 0 saturated heterocycles. The molecule has 38 heavy (non-hydrogen) atoms. The first-order chi connectivity index (χ1) is 18.4. The second-order valence-corrected chi connectivity index (χ2v) is 9.66. The third-order valence-electron chi connectivity index (χ3n) is 7.03. The number of carbonyl (C=O) groups excluding carboxylic acids is 1. The van der Waals surface area contributed by atoms with Gasteiger partial charge in [0.05, 0.1) is 11.7 Å².